The maximum absolute atomic E-state index is 5.74. The predicted molar refractivity (Wildman–Crippen MR) is 262 cm³/mol. The number of hydrogen-bond acceptors (Lipinski definition) is 9. The summed E-state index contributed by atoms with van der Waals surface area (Å²) < 4.78 is 34.2. The van der Waals surface area contributed by atoms with Crippen LogP contribution in [0.25, 0.3) is 0 Å². The molecular weight excluding hydrogens is 869 g/mol. The Balaban J connectivity index is 0.00000331. The minimum absolute atomic E-state index is 0. The van der Waals surface area contributed by atoms with Gasteiger partial charge in [-0.3, -0.25) is 15.0 Å². The molecular formula is C48H66Cl3N3O9. The number of benzene rings is 4. The zero-order chi connectivity index (χ0) is 39.7. The Morgan fingerprint density at radius 3 is 1.17 bits per heavy atom. The first-order valence-electron chi connectivity index (χ1n) is 20.4. The van der Waals surface area contributed by atoms with E-state index in [4.69, 9.17) is 43.4 Å². The molecule has 0 saturated heterocycles. The molecule has 3 aliphatic rings. The van der Waals surface area contributed by atoms with Crippen molar-refractivity contribution in [3.05, 3.63) is 106 Å². The van der Waals surface area contributed by atoms with E-state index in [1.165, 1.54) is 38.9 Å². The van der Waals surface area contributed by atoms with Crippen molar-refractivity contribution in [1.29, 1.82) is 0 Å². The highest BCUT2D eigenvalue weighted by Crippen LogP contribution is 2.39. The van der Waals surface area contributed by atoms with E-state index in [1.54, 1.807) is 42.7 Å². The molecule has 0 aliphatic carbocycles. The van der Waals surface area contributed by atoms with Crippen molar-refractivity contribution in [3.8, 4) is 34.5 Å². The summed E-state index contributed by atoms with van der Waals surface area (Å²) in [6.07, 6.45) is 9.54. The number of methoxy groups -OCH3 is 6. The molecule has 0 aromatic heterocycles. The first kappa shape index (κ1) is 56.5. The molecule has 0 saturated carbocycles. The number of aliphatic imine (C=N–C) groups is 3. The van der Waals surface area contributed by atoms with Gasteiger partial charge in [-0.15, -0.1) is 37.2 Å². The van der Waals surface area contributed by atoms with Crippen LogP contribution in [0, 0.1) is 5.92 Å². The minimum atomic E-state index is 0. The van der Waals surface area contributed by atoms with Crippen molar-refractivity contribution in [1.82, 2.24) is 0 Å². The molecule has 0 amide bonds. The van der Waals surface area contributed by atoms with Gasteiger partial charge >= 0.3 is 0 Å². The van der Waals surface area contributed by atoms with Crippen molar-refractivity contribution in [2.45, 2.75) is 70.1 Å². The molecule has 4 aromatic carbocycles. The van der Waals surface area contributed by atoms with Gasteiger partial charge in [0.2, 0.25) is 0 Å². The van der Waals surface area contributed by atoms with Gasteiger partial charge in [0.05, 0.1) is 42.7 Å². The normalized spacial score (nSPS) is 13.5. The zero-order valence-electron chi connectivity index (χ0n) is 37.2. The second kappa shape index (κ2) is 26.9. The SMILES string of the molecule is COc1cc2c(cc1OC)C(CCC(CCC1=NCCc3cc(OC)c(OC)cc31)CCC(CC1=NCCc3cc(OC)c(OC)cc31)c1ccccc1)=NCC2.Cl.Cl.Cl.O.O.O. The fourth-order valence-electron chi connectivity index (χ4n) is 8.88. The summed E-state index contributed by atoms with van der Waals surface area (Å²) in [4.78, 5) is 15.3. The Labute approximate surface area is 391 Å². The number of rotatable bonds is 18. The number of halogens is 3. The second-order valence-corrected chi connectivity index (χ2v) is 15.2. The van der Waals surface area contributed by atoms with Crippen molar-refractivity contribution in [3.63, 3.8) is 0 Å². The van der Waals surface area contributed by atoms with Crippen LogP contribution in [-0.2, 0) is 19.3 Å². The minimum Gasteiger partial charge on any atom is -0.493 e. The van der Waals surface area contributed by atoms with Gasteiger partial charge in [0, 0.05) is 53.5 Å². The van der Waals surface area contributed by atoms with E-state index < -0.39 is 0 Å². The smallest absolute Gasteiger partial charge is 0.161 e. The molecule has 15 heteroatoms. The molecule has 3 heterocycles. The molecule has 7 rings (SSSR count). The maximum atomic E-state index is 5.74. The Morgan fingerprint density at radius 2 is 0.794 bits per heavy atom. The summed E-state index contributed by atoms with van der Waals surface area (Å²) in [6, 6.07) is 23.7. The van der Waals surface area contributed by atoms with Crippen LogP contribution < -0.4 is 28.4 Å². The van der Waals surface area contributed by atoms with Crippen LogP contribution in [0.15, 0.2) is 81.7 Å². The highest BCUT2D eigenvalue weighted by atomic mass is 35.5. The van der Waals surface area contributed by atoms with E-state index in [2.05, 4.69) is 66.7 Å². The van der Waals surface area contributed by atoms with Gasteiger partial charge < -0.3 is 44.8 Å². The van der Waals surface area contributed by atoms with E-state index in [0.29, 0.717) is 11.8 Å². The van der Waals surface area contributed by atoms with Crippen LogP contribution in [-0.4, -0.2) is 95.9 Å². The molecule has 63 heavy (non-hydrogen) atoms. The summed E-state index contributed by atoms with van der Waals surface area (Å²) in [6.45, 7) is 2.36. The van der Waals surface area contributed by atoms with E-state index in [9.17, 15) is 0 Å². The molecule has 0 bridgehead atoms. The first-order valence-corrected chi connectivity index (χ1v) is 20.4. The highest BCUT2D eigenvalue weighted by Gasteiger charge is 2.26. The lowest BCUT2D eigenvalue weighted by Gasteiger charge is -2.26. The van der Waals surface area contributed by atoms with Gasteiger partial charge in [-0.25, -0.2) is 0 Å². The van der Waals surface area contributed by atoms with E-state index in [1.807, 2.05) is 0 Å². The highest BCUT2D eigenvalue weighted by molar-refractivity contribution is 6.05. The van der Waals surface area contributed by atoms with Gasteiger partial charge in [-0.2, -0.15) is 0 Å². The second-order valence-electron chi connectivity index (χ2n) is 15.2. The van der Waals surface area contributed by atoms with Gasteiger partial charge in [-0.05, 0) is 135 Å². The molecule has 0 spiro atoms. The monoisotopic (exact) mass is 933 g/mol. The zero-order valence-corrected chi connectivity index (χ0v) is 39.7. The van der Waals surface area contributed by atoms with E-state index >= 15 is 0 Å². The van der Waals surface area contributed by atoms with Crippen molar-refractivity contribution >= 4 is 54.4 Å². The first-order chi connectivity index (χ1) is 28.0. The average molecular weight is 935 g/mol. The van der Waals surface area contributed by atoms with Crippen molar-refractivity contribution in [2.24, 2.45) is 20.9 Å². The third kappa shape index (κ3) is 13.0. The standard InChI is InChI=1S/C48H57N3O6.3ClH.3H2O/c1-52-43-25-34-18-21-49-40(37(34)28-46(43)55-4)16-13-31(14-17-41-38-29-47(56-5)44(53-2)26-35(38)19-22-50-41)12-15-33(32-10-8-7-9-11-32)24-42-39-30-48(57-6)45(54-3)27-36(39)20-23-51-42;;;;;;/h7-11,25-31,33H,12-24H2,1-6H3;3*1H;3*1H2. The third-order valence-electron chi connectivity index (χ3n) is 12.0. The van der Waals surface area contributed by atoms with Gasteiger partial charge in [-0.1, -0.05) is 30.3 Å². The lowest BCUT2D eigenvalue weighted by atomic mass is 9.81. The lowest BCUT2D eigenvalue weighted by molar-refractivity contribution is 0.354. The molecule has 3 aliphatic heterocycles. The number of nitrogens with zero attached hydrogens (tertiary/aromatic N) is 3. The molecule has 348 valence electrons. The molecule has 12 nitrogen and oxygen atoms in total. The summed E-state index contributed by atoms with van der Waals surface area (Å²) >= 11 is 0. The average Bonchev–Trinajstić information content (AvgIpc) is 3.26. The largest absolute Gasteiger partial charge is 0.493 e. The van der Waals surface area contributed by atoms with Crippen molar-refractivity contribution in [2.75, 3.05) is 62.3 Å². The lowest BCUT2D eigenvalue weighted by Crippen LogP contribution is -2.19. The Kier molecular flexibility index (Phi) is 24.1. The quantitative estimate of drug-likeness (QED) is 0.0970. The van der Waals surface area contributed by atoms with Crippen LogP contribution in [0.3, 0.4) is 0 Å². The van der Waals surface area contributed by atoms with Gasteiger partial charge in [0.1, 0.15) is 0 Å². The van der Waals surface area contributed by atoms with E-state index in [-0.39, 0.29) is 53.6 Å². The summed E-state index contributed by atoms with van der Waals surface area (Å²) in [7, 11) is 10.2. The van der Waals surface area contributed by atoms with Gasteiger partial charge in [0.15, 0.2) is 34.5 Å². The molecule has 0 radical (unpaired) electrons. The van der Waals surface area contributed by atoms with Crippen LogP contribution in [0.2, 0.25) is 0 Å². The number of fused-ring (bicyclic) bond motifs is 3. The molecule has 1 atom stereocenters. The molecule has 0 fully saturated rings. The summed E-state index contributed by atoms with van der Waals surface area (Å²) in [5.41, 5.74) is 12.2. The van der Waals surface area contributed by atoms with E-state index in [0.717, 1.165) is 135 Å². The van der Waals surface area contributed by atoms with Crippen LogP contribution in [0.1, 0.15) is 89.8 Å². The third-order valence-corrected chi connectivity index (χ3v) is 12.0. The summed E-state index contributed by atoms with van der Waals surface area (Å²) in [5.74, 6) is 5.30. The number of ether oxygens (including phenoxy) is 6. The fraction of sp³-hybridized carbons (Fsp3) is 0.438. The molecule has 4 aromatic rings. The topological polar surface area (TPSA) is 187 Å². The predicted octanol–water partition coefficient (Wildman–Crippen LogP) is 8.10. The Bertz CT molecular complexity index is 2070. The van der Waals surface area contributed by atoms with Crippen LogP contribution >= 0.6 is 37.2 Å². The van der Waals surface area contributed by atoms with Crippen LogP contribution in [0.5, 0.6) is 34.5 Å². The summed E-state index contributed by atoms with van der Waals surface area (Å²) in [5, 5.41) is 0. The Hall–Kier alpha value is -4.56. The van der Waals surface area contributed by atoms with Crippen LogP contribution in [0.4, 0.5) is 0 Å². The maximum Gasteiger partial charge on any atom is 0.161 e. The van der Waals surface area contributed by atoms with Crippen molar-refractivity contribution < 1.29 is 44.8 Å². The molecule has 6 N–H and O–H groups in total. The Morgan fingerprint density at radius 1 is 0.444 bits per heavy atom. The molecule has 1 unspecified atom stereocenters. The number of hydrogen-bond donors (Lipinski definition) is 0. The fourth-order valence-corrected chi connectivity index (χ4v) is 8.88. The van der Waals surface area contributed by atoms with Gasteiger partial charge in [0.25, 0.3) is 0 Å².